The molecular formula is C21H22N2OS2. The van der Waals surface area contributed by atoms with Crippen molar-refractivity contribution in [2.24, 2.45) is 0 Å². The van der Waals surface area contributed by atoms with E-state index in [4.69, 9.17) is 12.2 Å². The third kappa shape index (κ3) is 5.86. The van der Waals surface area contributed by atoms with Crippen LogP contribution < -0.4 is 9.80 Å². The molecule has 0 saturated carbocycles. The zero-order valence-electron chi connectivity index (χ0n) is 15.1. The van der Waals surface area contributed by atoms with E-state index in [1.807, 2.05) is 90.8 Å². The van der Waals surface area contributed by atoms with Gasteiger partial charge < -0.3 is 9.80 Å². The van der Waals surface area contributed by atoms with E-state index in [1.165, 1.54) is 17.8 Å². The summed E-state index contributed by atoms with van der Waals surface area (Å²) in [6, 6.07) is 17.8. The fraction of sp³-hybridized carbons (Fsp3) is 0.143. The number of para-hydroxylation sites is 1. The van der Waals surface area contributed by atoms with Gasteiger partial charge in [-0.15, -0.1) is 0 Å². The van der Waals surface area contributed by atoms with Crippen molar-refractivity contribution in [2.75, 3.05) is 30.2 Å². The van der Waals surface area contributed by atoms with Gasteiger partial charge in [0, 0.05) is 37.7 Å². The molecule has 2 aromatic rings. The van der Waals surface area contributed by atoms with Crippen LogP contribution in [0.5, 0.6) is 0 Å². The summed E-state index contributed by atoms with van der Waals surface area (Å²) >= 11 is 6.86. The molecule has 0 amide bonds. The Hall–Kier alpha value is -2.37. The standard InChI is InChI=1S/C21H22N2OS2/c1-22(2)18-12-9-17(10-13-18)11-14-20(24)15-16-23(21(25)26-3)19-7-5-4-6-8-19/h4-16H,1-3H3/b14-11+,16-15+. The third-order valence-corrected chi connectivity index (χ3v) is 4.89. The van der Waals surface area contributed by atoms with E-state index >= 15 is 0 Å². The van der Waals surface area contributed by atoms with Gasteiger partial charge in [-0.1, -0.05) is 60.4 Å². The van der Waals surface area contributed by atoms with Gasteiger partial charge in [0.2, 0.25) is 0 Å². The third-order valence-electron chi connectivity index (χ3n) is 3.64. The van der Waals surface area contributed by atoms with Crippen LogP contribution in [0.3, 0.4) is 0 Å². The van der Waals surface area contributed by atoms with E-state index in [2.05, 4.69) is 0 Å². The van der Waals surface area contributed by atoms with Crippen molar-refractivity contribution in [3.8, 4) is 0 Å². The van der Waals surface area contributed by atoms with Crippen LogP contribution in [0.2, 0.25) is 0 Å². The second-order valence-corrected chi connectivity index (χ2v) is 7.15. The minimum atomic E-state index is -0.0912. The molecule has 0 aliphatic rings. The summed E-state index contributed by atoms with van der Waals surface area (Å²) in [7, 11) is 3.99. The molecule has 0 unspecified atom stereocenters. The lowest BCUT2D eigenvalue weighted by atomic mass is 10.1. The van der Waals surface area contributed by atoms with E-state index in [9.17, 15) is 4.79 Å². The fourth-order valence-corrected chi connectivity index (χ4v) is 2.73. The number of carbonyl (C=O) groups is 1. The number of thiocarbonyl (C=S) groups is 1. The number of thioether (sulfide) groups is 1. The van der Waals surface area contributed by atoms with Gasteiger partial charge in [-0.25, -0.2) is 0 Å². The Balaban J connectivity index is 2.07. The van der Waals surface area contributed by atoms with Gasteiger partial charge in [0.1, 0.15) is 4.32 Å². The average molecular weight is 383 g/mol. The maximum atomic E-state index is 12.2. The Morgan fingerprint density at radius 3 is 2.19 bits per heavy atom. The minimum absolute atomic E-state index is 0.0912. The monoisotopic (exact) mass is 382 g/mol. The summed E-state index contributed by atoms with van der Waals surface area (Å²) in [5.41, 5.74) is 3.04. The summed E-state index contributed by atoms with van der Waals surface area (Å²) in [5, 5.41) is 0. The van der Waals surface area contributed by atoms with Crippen molar-refractivity contribution >= 4 is 51.5 Å². The Bertz CT molecular complexity index is 797. The lowest BCUT2D eigenvalue weighted by molar-refractivity contribution is -0.110. The highest BCUT2D eigenvalue weighted by Crippen LogP contribution is 2.19. The zero-order valence-corrected chi connectivity index (χ0v) is 16.8. The molecule has 0 bridgehead atoms. The van der Waals surface area contributed by atoms with Gasteiger partial charge in [-0.2, -0.15) is 0 Å². The Morgan fingerprint density at radius 1 is 0.962 bits per heavy atom. The summed E-state index contributed by atoms with van der Waals surface area (Å²) in [4.78, 5) is 16.0. The Labute approximate surface area is 165 Å². The fourth-order valence-electron chi connectivity index (χ4n) is 2.20. The molecule has 0 saturated heterocycles. The molecule has 2 rings (SSSR count). The maximum Gasteiger partial charge on any atom is 0.180 e. The number of carbonyl (C=O) groups excluding carboxylic acids is 1. The summed E-state index contributed by atoms with van der Waals surface area (Å²) in [6.45, 7) is 0. The molecule has 0 atom stereocenters. The number of anilines is 2. The molecule has 2 aromatic carbocycles. The van der Waals surface area contributed by atoms with Crippen molar-refractivity contribution in [3.05, 3.63) is 78.5 Å². The molecule has 0 aliphatic heterocycles. The molecule has 0 radical (unpaired) electrons. The van der Waals surface area contributed by atoms with Gasteiger partial charge in [-0.05, 0) is 42.2 Å². The summed E-state index contributed by atoms with van der Waals surface area (Å²) in [6.07, 6.45) is 8.54. The lowest BCUT2D eigenvalue weighted by Crippen LogP contribution is -2.20. The van der Waals surface area contributed by atoms with Crippen LogP contribution in [0.1, 0.15) is 5.56 Å². The number of hydrogen-bond acceptors (Lipinski definition) is 4. The van der Waals surface area contributed by atoms with Crippen molar-refractivity contribution in [3.63, 3.8) is 0 Å². The summed E-state index contributed by atoms with van der Waals surface area (Å²) < 4.78 is 0.684. The first-order chi connectivity index (χ1) is 12.5. The molecule has 134 valence electrons. The largest absolute Gasteiger partial charge is 0.378 e. The predicted octanol–water partition coefficient (Wildman–Crippen LogP) is 5.00. The van der Waals surface area contributed by atoms with Crippen LogP contribution in [0.15, 0.2) is 72.9 Å². The molecule has 0 aromatic heterocycles. The van der Waals surface area contributed by atoms with Gasteiger partial charge in [-0.3, -0.25) is 4.79 Å². The number of hydrogen-bond donors (Lipinski definition) is 0. The van der Waals surface area contributed by atoms with Gasteiger partial charge in [0.25, 0.3) is 0 Å². The first-order valence-electron chi connectivity index (χ1n) is 8.11. The molecule has 5 heteroatoms. The number of benzene rings is 2. The number of nitrogens with zero attached hydrogens (tertiary/aromatic N) is 2. The van der Waals surface area contributed by atoms with Crippen LogP contribution >= 0.6 is 24.0 Å². The molecule has 0 heterocycles. The van der Waals surface area contributed by atoms with E-state index in [1.54, 1.807) is 12.3 Å². The van der Waals surface area contributed by atoms with Crippen molar-refractivity contribution in [2.45, 2.75) is 0 Å². The molecule has 0 spiro atoms. The van der Waals surface area contributed by atoms with Crippen LogP contribution in [-0.4, -0.2) is 30.5 Å². The van der Waals surface area contributed by atoms with Crippen molar-refractivity contribution < 1.29 is 4.79 Å². The minimum Gasteiger partial charge on any atom is -0.378 e. The van der Waals surface area contributed by atoms with Crippen LogP contribution in [0.4, 0.5) is 11.4 Å². The molecule has 0 aliphatic carbocycles. The zero-order chi connectivity index (χ0) is 18.9. The Morgan fingerprint density at radius 2 is 1.62 bits per heavy atom. The quantitative estimate of drug-likeness (QED) is 0.517. The Kier molecular flexibility index (Phi) is 7.63. The van der Waals surface area contributed by atoms with E-state index in [-0.39, 0.29) is 5.78 Å². The van der Waals surface area contributed by atoms with E-state index in [0.717, 1.165) is 16.9 Å². The van der Waals surface area contributed by atoms with Crippen LogP contribution in [0.25, 0.3) is 6.08 Å². The SMILES string of the molecule is CSC(=S)N(/C=C/C(=O)/C=C/c1ccc(N(C)C)cc1)c1ccccc1. The van der Waals surface area contributed by atoms with Crippen LogP contribution in [-0.2, 0) is 4.79 Å². The molecule has 3 nitrogen and oxygen atoms in total. The number of rotatable bonds is 6. The highest BCUT2D eigenvalue weighted by atomic mass is 32.2. The van der Waals surface area contributed by atoms with E-state index < -0.39 is 0 Å². The average Bonchev–Trinajstić information content (AvgIpc) is 2.67. The maximum absolute atomic E-state index is 12.2. The normalized spacial score (nSPS) is 11.0. The van der Waals surface area contributed by atoms with Crippen molar-refractivity contribution in [1.82, 2.24) is 0 Å². The van der Waals surface area contributed by atoms with E-state index in [0.29, 0.717) is 4.32 Å². The molecular weight excluding hydrogens is 360 g/mol. The topological polar surface area (TPSA) is 23.6 Å². The lowest BCUT2D eigenvalue weighted by Gasteiger charge is -2.19. The highest BCUT2D eigenvalue weighted by molar-refractivity contribution is 8.22. The molecule has 0 N–H and O–H groups in total. The van der Waals surface area contributed by atoms with Gasteiger partial charge >= 0.3 is 0 Å². The first kappa shape index (κ1) is 19.9. The first-order valence-corrected chi connectivity index (χ1v) is 9.74. The number of allylic oxidation sites excluding steroid dienone is 2. The van der Waals surface area contributed by atoms with Crippen LogP contribution in [0, 0.1) is 0 Å². The smallest absolute Gasteiger partial charge is 0.180 e. The molecule has 0 fully saturated rings. The van der Waals surface area contributed by atoms with Gasteiger partial charge in [0.15, 0.2) is 5.78 Å². The summed E-state index contributed by atoms with van der Waals surface area (Å²) in [5.74, 6) is -0.0912. The van der Waals surface area contributed by atoms with Gasteiger partial charge in [0.05, 0.1) is 0 Å². The number of ketones is 1. The molecule has 26 heavy (non-hydrogen) atoms. The predicted molar refractivity (Wildman–Crippen MR) is 119 cm³/mol. The van der Waals surface area contributed by atoms with Crippen molar-refractivity contribution in [1.29, 1.82) is 0 Å². The highest BCUT2D eigenvalue weighted by Gasteiger charge is 2.07. The second-order valence-electron chi connectivity index (χ2n) is 5.71. The second kappa shape index (κ2) is 9.94.